The van der Waals surface area contributed by atoms with Crippen LogP contribution >= 0.6 is 27.3 Å². The van der Waals surface area contributed by atoms with Gasteiger partial charge in [0, 0.05) is 6.08 Å². The van der Waals surface area contributed by atoms with Crippen LogP contribution in [-0.2, 0) is 9.53 Å². The van der Waals surface area contributed by atoms with Gasteiger partial charge >= 0.3 is 5.97 Å². The highest BCUT2D eigenvalue weighted by Crippen LogP contribution is 2.37. The predicted octanol–water partition coefficient (Wildman–Crippen LogP) is 4.54. The number of nitriles is 1. The first kappa shape index (κ1) is 22.5. The zero-order valence-electron chi connectivity index (χ0n) is 16.3. The summed E-state index contributed by atoms with van der Waals surface area (Å²) >= 11 is 4.41. The molecule has 0 aliphatic rings. The molecule has 2 rings (SSSR count). The van der Waals surface area contributed by atoms with Crippen molar-refractivity contribution in [2.75, 3.05) is 26.1 Å². The second-order valence-corrected chi connectivity index (χ2v) is 7.53. The van der Waals surface area contributed by atoms with E-state index in [4.69, 9.17) is 14.2 Å². The lowest BCUT2D eigenvalue weighted by molar-refractivity contribution is -0.111. The van der Waals surface area contributed by atoms with Crippen molar-refractivity contribution in [3.63, 3.8) is 0 Å². The SMILES string of the molecule is CCOC(=O)c1sc(NC(=O)/C=C/c2cc(Br)c(OC)c(OC)c2)c(C#N)c1C. The van der Waals surface area contributed by atoms with E-state index >= 15 is 0 Å². The topological polar surface area (TPSA) is 97.7 Å². The minimum absolute atomic E-state index is 0.226. The Morgan fingerprint density at radius 3 is 2.62 bits per heavy atom. The molecular formula is C20H19BrN2O5S. The minimum atomic E-state index is -0.516. The number of rotatable bonds is 7. The molecule has 29 heavy (non-hydrogen) atoms. The minimum Gasteiger partial charge on any atom is -0.493 e. The molecular weight excluding hydrogens is 460 g/mol. The van der Waals surface area contributed by atoms with Crippen molar-refractivity contribution in [2.45, 2.75) is 13.8 Å². The Morgan fingerprint density at radius 1 is 1.31 bits per heavy atom. The lowest BCUT2D eigenvalue weighted by Gasteiger charge is -2.10. The van der Waals surface area contributed by atoms with Crippen molar-refractivity contribution in [1.82, 2.24) is 0 Å². The third-order valence-electron chi connectivity index (χ3n) is 3.84. The number of ether oxygens (including phenoxy) is 3. The average Bonchev–Trinajstić information content (AvgIpc) is 3.01. The Balaban J connectivity index is 2.23. The summed E-state index contributed by atoms with van der Waals surface area (Å²) in [4.78, 5) is 24.7. The third-order valence-corrected chi connectivity index (χ3v) is 5.62. The van der Waals surface area contributed by atoms with E-state index in [0.717, 1.165) is 11.3 Å². The first-order valence-electron chi connectivity index (χ1n) is 8.47. The zero-order valence-corrected chi connectivity index (χ0v) is 18.7. The van der Waals surface area contributed by atoms with Crippen LogP contribution in [0.5, 0.6) is 11.5 Å². The van der Waals surface area contributed by atoms with Gasteiger partial charge in [-0.3, -0.25) is 4.79 Å². The molecule has 0 unspecified atom stereocenters. The monoisotopic (exact) mass is 478 g/mol. The normalized spacial score (nSPS) is 10.5. The van der Waals surface area contributed by atoms with Gasteiger partial charge in [0.15, 0.2) is 11.5 Å². The standard InChI is InChI=1S/C20H19BrN2O5S/c1-5-28-20(25)18-11(2)13(10-22)19(29-18)23-16(24)7-6-12-8-14(21)17(27-4)15(9-12)26-3/h6-9H,5H2,1-4H3,(H,23,24)/b7-6+. The van der Waals surface area contributed by atoms with Crippen LogP contribution in [0.25, 0.3) is 6.08 Å². The van der Waals surface area contributed by atoms with Crippen LogP contribution in [0.3, 0.4) is 0 Å². The lowest BCUT2D eigenvalue weighted by atomic mass is 10.1. The second kappa shape index (κ2) is 10.1. The van der Waals surface area contributed by atoms with Gasteiger partial charge in [0.1, 0.15) is 15.9 Å². The van der Waals surface area contributed by atoms with Crippen LogP contribution in [0.4, 0.5) is 5.00 Å². The summed E-state index contributed by atoms with van der Waals surface area (Å²) in [6, 6.07) is 5.53. The van der Waals surface area contributed by atoms with Gasteiger partial charge in [0.25, 0.3) is 0 Å². The lowest BCUT2D eigenvalue weighted by Crippen LogP contribution is -2.07. The molecule has 0 radical (unpaired) electrons. The van der Waals surface area contributed by atoms with Gasteiger partial charge < -0.3 is 19.5 Å². The molecule has 0 bridgehead atoms. The molecule has 1 N–H and O–H groups in total. The fourth-order valence-electron chi connectivity index (χ4n) is 2.49. The first-order valence-corrected chi connectivity index (χ1v) is 10.1. The van der Waals surface area contributed by atoms with Crippen LogP contribution in [0, 0.1) is 18.3 Å². The zero-order chi connectivity index (χ0) is 21.6. The molecule has 0 fully saturated rings. The van der Waals surface area contributed by atoms with Gasteiger partial charge in [0.2, 0.25) is 5.91 Å². The van der Waals surface area contributed by atoms with E-state index in [9.17, 15) is 14.9 Å². The van der Waals surface area contributed by atoms with Gasteiger partial charge in [-0.1, -0.05) is 0 Å². The Morgan fingerprint density at radius 2 is 2.03 bits per heavy atom. The fraction of sp³-hybridized carbons (Fsp3) is 0.250. The van der Waals surface area contributed by atoms with E-state index < -0.39 is 11.9 Å². The van der Waals surface area contributed by atoms with E-state index in [1.165, 1.54) is 20.3 Å². The fourth-order valence-corrected chi connectivity index (χ4v) is 4.16. The Kier molecular flexibility index (Phi) is 7.82. The van der Waals surface area contributed by atoms with Gasteiger partial charge in [-0.05, 0) is 59.1 Å². The molecule has 0 spiro atoms. The quantitative estimate of drug-likeness (QED) is 0.463. The second-order valence-electron chi connectivity index (χ2n) is 5.65. The largest absolute Gasteiger partial charge is 0.493 e. The Bertz CT molecular complexity index is 1010. The molecule has 1 amide bonds. The van der Waals surface area contributed by atoms with Crippen LogP contribution in [0.2, 0.25) is 0 Å². The van der Waals surface area contributed by atoms with E-state index in [0.29, 0.717) is 37.0 Å². The van der Waals surface area contributed by atoms with Crippen LogP contribution in [0.15, 0.2) is 22.7 Å². The highest BCUT2D eigenvalue weighted by molar-refractivity contribution is 9.10. The molecule has 9 heteroatoms. The van der Waals surface area contributed by atoms with Gasteiger partial charge in [-0.25, -0.2) is 4.79 Å². The summed E-state index contributed by atoms with van der Waals surface area (Å²) in [6.45, 7) is 3.57. The summed E-state index contributed by atoms with van der Waals surface area (Å²) in [5, 5.41) is 12.3. The number of hydrogen-bond donors (Lipinski definition) is 1. The van der Waals surface area contributed by atoms with Crippen molar-refractivity contribution in [2.24, 2.45) is 0 Å². The van der Waals surface area contributed by atoms with E-state index in [2.05, 4.69) is 21.2 Å². The number of esters is 1. The first-order chi connectivity index (χ1) is 13.9. The molecule has 0 saturated carbocycles. The average molecular weight is 479 g/mol. The number of hydrogen-bond acceptors (Lipinski definition) is 7. The number of methoxy groups -OCH3 is 2. The maximum absolute atomic E-state index is 12.3. The predicted molar refractivity (Wildman–Crippen MR) is 115 cm³/mol. The number of nitrogens with one attached hydrogen (secondary N) is 1. The molecule has 152 valence electrons. The molecule has 1 aromatic heterocycles. The van der Waals surface area contributed by atoms with Gasteiger partial charge in [-0.15, -0.1) is 11.3 Å². The summed E-state index contributed by atoms with van der Waals surface area (Å²) in [5.74, 6) is 0.108. The third kappa shape index (κ3) is 5.16. The summed E-state index contributed by atoms with van der Waals surface area (Å²) in [6.07, 6.45) is 2.93. The van der Waals surface area contributed by atoms with Gasteiger partial charge in [-0.2, -0.15) is 5.26 Å². The molecule has 1 aromatic carbocycles. The number of anilines is 1. The Labute approximate surface area is 181 Å². The maximum Gasteiger partial charge on any atom is 0.348 e. The van der Waals surface area contributed by atoms with Crippen LogP contribution in [0.1, 0.15) is 33.3 Å². The van der Waals surface area contributed by atoms with E-state index in [1.807, 2.05) is 6.07 Å². The van der Waals surface area contributed by atoms with Crippen molar-refractivity contribution in [3.8, 4) is 17.6 Å². The number of nitrogens with zero attached hydrogens (tertiary/aromatic N) is 1. The van der Waals surface area contributed by atoms with Crippen LogP contribution in [-0.4, -0.2) is 32.7 Å². The van der Waals surface area contributed by atoms with E-state index in [1.54, 1.807) is 32.1 Å². The number of carbonyl (C=O) groups is 2. The van der Waals surface area contributed by atoms with Crippen molar-refractivity contribution < 1.29 is 23.8 Å². The molecule has 0 aliphatic carbocycles. The molecule has 0 aliphatic heterocycles. The summed E-state index contributed by atoms with van der Waals surface area (Å²) < 4.78 is 16.2. The highest BCUT2D eigenvalue weighted by atomic mass is 79.9. The number of halogens is 1. The molecule has 0 saturated heterocycles. The molecule has 1 heterocycles. The van der Waals surface area contributed by atoms with Crippen molar-refractivity contribution >= 4 is 50.2 Å². The summed E-state index contributed by atoms with van der Waals surface area (Å²) in [7, 11) is 3.06. The number of carbonyl (C=O) groups excluding carboxylic acids is 2. The number of benzene rings is 1. The van der Waals surface area contributed by atoms with Crippen molar-refractivity contribution in [1.29, 1.82) is 5.26 Å². The molecule has 2 aromatic rings. The molecule has 0 atom stereocenters. The van der Waals surface area contributed by atoms with Crippen molar-refractivity contribution in [3.05, 3.63) is 44.2 Å². The number of amides is 1. The van der Waals surface area contributed by atoms with Gasteiger partial charge in [0.05, 0.1) is 30.9 Å². The summed E-state index contributed by atoms with van der Waals surface area (Å²) in [5.41, 5.74) is 1.44. The van der Waals surface area contributed by atoms with Crippen LogP contribution < -0.4 is 14.8 Å². The Hall–Kier alpha value is -2.83. The smallest absolute Gasteiger partial charge is 0.348 e. The maximum atomic E-state index is 12.3. The number of thiophene rings is 1. The highest BCUT2D eigenvalue weighted by Gasteiger charge is 2.21. The molecule has 7 nitrogen and oxygen atoms in total. The van der Waals surface area contributed by atoms with E-state index in [-0.39, 0.29) is 12.2 Å².